The van der Waals surface area contributed by atoms with Crippen LogP contribution >= 0.6 is 0 Å². The molecule has 2 rings (SSSR count). The van der Waals surface area contributed by atoms with Crippen LogP contribution < -0.4 is 5.32 Å². The lowest BCUT2D eigenvalue weighted by Gasteiger charge is -2.19. The predicted molar refractivity (Wildman–Crippen MR) is 47.0 cm³/mol. The largest absolute Gasteiger partial charge is 0.384 e. The van der Waals surface area contributed by atoms with Crippen LogP contribution in [-0.2, 0) is 0 Å². The highest BCUT2D eigenvalue weighted by Crippen LogP contribution is 2.21. The standard InChI is InChI=1S/C10H11N/c1-8-10-5-3-2-4-9(10)6-7-11-8/h2-8,11H,1H3. The van der Waals surface area contributed by atoms with Crippen molar-refractivity contribution >= 4 is 6.08 Å². The van der Waals surface area contributed by atoms with Crippen LogP contribution in [0.4, 0.5) is 0 Å². The molecule has 0 spiro atoms. The van der Waals surface area contributed by atoms with Gasteiger partial charge < -0.3 is 5.32 Å². The van der Waals surface area contributed by atoms with Crippen molar-refractivity contribution in [2.75, 3.05) is 0 Å². The molecule has 1 N–H and O–H groups in total. The molecule has 1 nitrogen and oxygen atoms in total. The lowest BCUT2D eigenvalue weighted by atomic mass is 9.99. The molecular formula is C10H11N. The van der Waals surface area contributed by atoms with Gasteiger partial charge in [-0.3, -0.25) is 0 Å². The van der Waals surface area contributed by atoms with Gasteiger partial charge in [0.15, 0.2) is 0 Å². The summed E-state index contributed by atoms with van der Waals surface area (Å²) in [6, 6.07) is 8.91. The molecule has 0 aliphatic carbocycles. The molecule has 0 bridgehead atoms. The smallest absolute Gasteiger partial charge is 0.0486 e. The first-order chi connectivity index (χ1) is 5.38. The van der Waals surface area contributed by atoms with Crippen LogP contribution in [0.3, 0.4) is 0 Å². The molecule has 0 amide bonds. The van der Waals surface area contributed by atoms with Gasteiger partial charge in [-0.05, 0) is 30.3 Å². The highest BCUT2D eigenvalue weighted by molar-refractivity contribution is 5.56. The first-order valence-electron chi connectivity index (χ1n) is 3.89. The number of hydrogen-bond donors (Lipinski definition) is 1. The van der Waals surface area contributed by atoms with Crippen LogP contribution in [0.15, 0.2) is 30.5 Å². The molecule has 0 saturated heterocycles. The van der Waals surface area contributed by atoms with Crippen molar-refractivity contribution < 1.29 is 0 Å². The Bertz CT molecular complexity index is 289. The van der Waals surface area contributed by atoms with Gasteiger partial charge in [-0.15, -0.1) is 0 Å². The van der Waals surface area contributed by atoms with Gasteiger partial charge in [-0.25, -0.2) is 0 Å². The second kappa shape index (κ2) is 2.42. The third-order valence-electron chi connectivity index (χ3n) is 2.07. The Labute approximate surface area is 66.7 Å². The van der Waals surface area contributed by atoms with Crippen molar-refractivity contribution in [1.82, 2.24) is 5.32 Å². The van der Waals surface area contributed by atoms with E-state index in [0.717, 1.165) is 0 Å². The van der Waals surface area contributed by atoms with Crippen LogP contribution in [0.2, 0.25) is 0 Å². The summed E-state index contributed by atoms with van der Waals surface area (Å²) in [6.07, 6.45) is 4.11. The summed E-state index contributed by atoms with van der Waals surface area (Å²) >= 11 is 0. The fourth-order valence-corrected chi connectivity index (χ4v) is 1.43. The minimum Gasteiger partial charge on any atom is -0.384 e. The van der Waals surface area contributed by atoms with E-state index in [1.165, 1.54) is 11.1 Å². The summed E-state index contributed by atoms with van der Waals surface area (Å²) in [4.78, 5) is 0. The Morgan fingerprint density at radius 1 is 1.27 bits per heavy atom. The van der Waals surface area contributed by atoms with E-state index in [1.54, 1.807) is 0 Å². The molecule has 1 aliphatic heterocycles. The third-order valence-corrected chi connectivity index (χ3v) is 2.07. The van der Waals surface area contributed by atoms with E-state index in [4.69, 9.17) is 0 Å². The molecule has 1 aliphatic rings. The summed E-state index contributed by atoms with van der Waals surface area (Å²) in [7, 11) is 0. The zero-order chi connectivity index (χ0) is 7.68. The van der Waals surface area contributed by atoms with Crippen molar-refractivity contribution in [3.8, 4) is 0 Å². The van der Waals surface area contributed by atoms with E-state index in [9.17, 15) is 0 Å². The lowest BCUT2D eigenvalue weighted by molar-refractivity contribution is 0.679. The van der Waals surface area contributed by atoms with Crippen molar-refractivity contribution in [3.63, 3.8) is 0 Å². The number of nitrogens with one attached hydrogen (secondary N) is 1. The predicted octanol–water partition coefficient (Wildman–Crippen LogP) is 2.32. The second-order valence-corrected chi connectivity index (χ2v) is 2.85. The summed E-state index contributed by atoms with van der Waals surface area (Å²) < 4.78 is 0. The van der Waals surface area contributed by atoms with E-state index < -0.39 is 0 Å². The second-order valence-electron chi connectivity index (χ2n) is 2.85. The zero-order valence-electron chi connectivity index (χ0n) is 6.54. The van der Waals surface area contributed by atoms with E-state index >= 15 is 0 Å². The quantitative estimate of drug-likeness (QED) is 0.590. The van der Waals surface area contributed by atoms with Gasteiger partial charge in [-0.2, -0.15) is 0 Å². The van der Waals surface area contributed by atoms with Crippen LogP contribution in [0.25, 0.3) is 6.08 Å². The van der Waals surface area contributed by atoms with Gasteiger partial charge in [0.05, 0.1) is 0 Å². The van der Waals surface area contributed by atoms with Crippen molar-refractivity contribution in [3.05, 3.63) is 41.6 Å². The highest BCUT2D eigenvalue weighted by atomic mass is 14.9. The maximum Gasteiger partial charge on any atom is 0.0486 e. The minimum atomic E-state index is 0.455. The molecule has 1 heterocycles. The maximum atomic E-state index is 3.26. The van der Waals surface area contributed by atoms with Crippen molar-refractivity contribution in [2.24, 2.45) is 0 Å². The average molecular weight is 145 g/mol. The monoisotopic (exact) mass is 145 g/mol. The maximum absolute atomic E-state index is 3.26. The van der Waals surface area contributed by atoms with Gasteiger partial charge in [0.25, 0.3) is 0 Å². The fraction of sp³-hybridized carbons (Fsp3) is 0.200. The molecule has 0 aromatic heterocycles. The molecule has 0 fully saturated rings. The Balaban J connectivity index is 2.54. The Kier molecular flexibility index (Phi) is 1.42. The van der Waals surface area contributed by atoms with E-state index in [2.05, 4.69) is 42.6 Å². The van der Waals surface area contributed by atoms with Crippen LogP contribution in [-0.4, -0.2) is 0 Å². The van der Waals surface area contributed by atoms with Gasteiger partial charge in [-0.1, -0.05) is 24.3 Å². The molecule has 1 heteroatoms. The van der Waals surface area contributed by atoms with Crippen LogP contribution in [0, 0.1) is 0 Å². The SMILES string of the molecule is CC1NC=Cc2ccccc21. The van der Waals surface area contributed by atoms with Crippen LogP contribution in [0.1, 0.15) is 24.1 Å². The van der Waals surface area contributed by atoms with E-state index in [1.807, 2.05) is 6.20 Å². The molecule has 1 atom stereocenters. The first kappa shape index (κ1) is 6.47. The Morgan fingerprint density at radius 2 is 2.09 bits per heavy atom. The third kappa shape index (κ3) is 1.03. The van der Waals surface area contributed by atoms with E-state index in [-0.39, 0.29) is 0 Å². The molecule has 0 saturated carbocycles. The first-order valence-corrected chi connectivity index (χ1v) is 3.89. The van der Waals surface area contributed by atoms with Gasteiger partial charge in [0.2, 0.25) is 0 Å². The summed E-state index contributed by atoms with van der Waals surface area (Å²) in [5, 5.41) is 3.26. The average Bonchev–Trinajstić information content (AvgIpc) is 2.06. The molecule has 0 radical (unpaired) electrons. The Hall–Kier alpha value is -1.24. The number of rotatable bonds is 0. The minimum absolute atomic E-state index is 0.455. The van der Waals surface area contributed by atoms with Crippen molar-refractivity contribution in [2.45, 2.75) is 13.0 Å². The molecule has 11 heavy (non-hydrogen) atoms. The van der Waals surface area contributed by atoms with E-state index in [0.29, 0.717) is 6.04 Å². The van der Waals surface area contributed by atoms with Gasteiger partial charge in [0.1, 0.15) is 0 Å². The normalized spacial score (nSPS) is 20.6. The topological polar surface area (TPSA) is 12.0 Å². The van der Waals surface area contributed by atoms with Gasteiger partial charge >= 0.3 is 0 Å². The number of benzene rings is 1. The summed E-state index contributed by atoms with van der Waals surface area (Å²) in [5.74, 6) is 0. The van der Waals surface area contributed by atoms with Crippen molar-refractivity contribution in [1.29, 1.82) is 0 Å². The van der Waals surface area contributed by atoms with Crippen LogP contribution in [0.5, 0.6) is 0 Å². The number of fused-ring (bicyclic) bond motifs is 1. The summed E-state index contributed by atoms with van der Waals surface area (Å²) in [6.45, 7) is 2.17. The molecule has 1 aromatic carbocycles. The molecular weight excluding hydrogens is 134 g/mol. The molecule has 56 valence electrons. The molecule has 1 aromatic rings. The lowest BCUT2D eigenvalue weighted by Crippen LogP contribution is -2.15. The number of hydrogen-bond acceptors (Lipinski definition) is 1. The highest BCUT2D eigenvalue weighted by Gasteiger charge is 2.09. The summed E-state index contributed by atoms with van der Waals surface area (Å²) in [5.41, 5.74) is 2.72. The zero-order valence-corrected chi connectivity index (χ0v) is 6.54. The molecule has 1 unspecified atom stereocenters. The van der Waals surface area contributed by atoms with Gasteiger partial charge in [0, 0.05) is 6.04 Å². The fourth-order valence-electron chi connectivity index (χ4n) is 1.43. The Morgan fingerprint density at radius 3 is 2.91 bits per heavy atom.